The summed E-state index contributed by atoms with van der Waals surface area (Å²) in [5.74, 6) is 0. The molecule has 5 heteroatoms. The van der Waals surface area contributed by atoms with E-state index in [4.69, 9.17) is 10.0 Å². The largest absolute Gasteiger partial charge is 0.490 e. The van der Waals surface area contributed by atoms with E-state index in [0.717, 1.165) is 5.52 Å². The van der Waals surface area contributed by atoms with Crippen molar-refractivity contribution in [2.75, 3.05) is 0 Å². The monoisotopic (exact) mass is 176 g/mol. The third-order valence-electron chi connectivity index (χ3n) is 2.06. The first kappa shape index (κ1) is 8.28. The zero-order chi connectivity index (χ0) is 9.42. The van der Waals surface area contributed by atoms with Gasteiger partial charge in [-0.25, -0.2) is 4.98 Å². The zero-order valence-corrected chi connectivity index (χ0v) is 7.18. The van der Waals surface area contributed by atoms with Crippen LogP contribution in [0.15, 0.2) is 24.5 Å². The van der Waals surface area contributed by atoms with E-state index in [1.807, 2.05) is 17.7 Å². The topological polar surface area (TPSA) is 58.3 Å². The fourth-order valence-corrected chi connectivity index (χ4v) is 1.39. The molecule has 0 amide bonds. The standard InChI is InChI=1S/C8H9BN2O2/c1-11-5-10-8-6(9(12)13)3-2-4-7(8)11/h2-5,12-13H,1H3. The molecule has 13 heavy (non-hydrogen) atoms. The summed E-state index contributed by atoms with van der Waals surface area (Å²) in [6, 6.07) is 5.31. The van der Waals surface area contributed by atoms with Crippen molar-refractivity contribution in [2.45, 2.75) is 0 Å². The summed E-state index contributed by atoms with van der Waals surface area (Å²) in [5.41, 5.74) is 1.98. The van der Waals surface area contributed by atoms with Crippen LogP contribution >= 0.6 is 0 Å². The van der Waals surface area contributed by atoms with E-state index in [0.29, 0.717) is 11.0 Å². The summed E-state index contributed by atoms with van der Waals surface area (Å²) in [5, 5.41) is 18.1. The molecule has 2 aromatic rings. The number of para-hydroxylation sites is 1. The van der Waals surface area contributed by atoms with Crippen LogP contribution in [0, 0.1) is 0 Å². The third kappa shape index (κ3) is 1.22. The highest BCUT2D eigenvalue weighted by molar-refractivity contribution is 6.61. The van der Waals surface area contributed by atoms with Crippen LogP contribution in [0.25, 0.3) is 11.0 Å². The van der Waals surface area contributed by atoms with E-state index in [9.17, 15) is 0 Å². The number of fused-ring (bicyclic) bond motifs is 1. The second kappa shape index (κ2) is 2.87. The number of hydrogen-bond acceptors (Lipinski definition) is 3. The maximum absolute atomic E-state index is 9.04. The maximum Gasteiger partial charge on any atom is 0.490 e. The fourth-order valence-electron chi connectivity index (χ4n) is 1.39. The molecule has 66 valence electrons. The van der Waals surface area contributed by atoms with Gasteiger partial charge in [0.1, 0.15) is 0 Å². The highest BCUT2D eigenvalue weighted by atomic mass is 16.4. The van der Waals surface area contributed by atoms with E-state index in [1.165, 1.54) is 0 Å². The van der Waals surface area contributed by atoms with Gasteiger partial charge in [-0.2, -0.15) is 0 Å². The van der Waals surface area contributed by atoms with Crippen LogP contribution in [0.4, 0.5) is 0 Å². The van der Waals surface area contributed by atoms with Gasteiger partial charge >= 0.3 is 7.12 Å². The lowest BCUT2D eigenvalue weighted by Crippen LogP contribution is -2.30. The van der Waals surface area contributed by atoms with Crippen LogP contribution in [-0.2, 0) is 7.05 Å². The highest BCUT2D eigenvalue weighted by Gasteiger charge is 2.16. The minimum Gasteiger partial charge on any atom is -0.423 e. The van der Waals surface area contributed by atoms with E-state index in [2.05, 4.69) is 4.98 Å². The molecule has 0 aliphatic carbocycles. The molecule has 0 saturated carbocycles. The van der Waals surface area contributed by atoms with E-state index >= 15 is 0 Å². The minimum atomic E-state index is -1.46. The molecule has 2 rings (SSSR count). The molecule has 0 aliphatic heterocycles. The van der Waals surface area contributed by atoms with Gasteiger partial charge in [-0.3, -0.25) is 0 Å². The summed E-state index contributed by atoms with van der Waals surface area (Å²) < 4.78 is 1.83. The van der Waals surface area contributed by atoms with Crippen LogP contribution in [-0.4, -0.2) is 26.7 Å². The number of benzene rings is 1. The fraction of sp³-hybridized carbons (Fsp3) is 0.125. The molecular weight excluding hydrogens is 167 g/mol. The Kier molecular flexibility index (Phi) is 1.83. The highest BCUT2D eigenvalue weighted by Crippen LogP contribution is 2.08. The Hall–Kier alpha value is -1.33. The first-order chi connectivity index (χ1) is 6.20. The summed E-state index contributed by atoms with van der Waals surface area (Å²) in [6.07, 6.45) is 1.65. The number of rotatable bonds is 1. The lowest BCUT2D eigenvalue weighted by atomic mass is 9.79. The Morgan fingerprint density at radius 3 is 2.85 bits per heavy atom. The van der Waals surface area contributed by atoms with Crippen molar-refractivity contribution in [3.05, 3.63) is 24.5 Å². The van der Waals surface area contributed by atoms with Crippen LogP contribution < -0.4 is 5.46 Å². The second-order valence-electron chi connectivity index (χ2n) is 2.94. The van der Waals surface area contributed by atoms with Crippen molar-refractivity contribution < 1.29 is 10.0 Å². The summed E-state index contributed by atoms with van der Waals surface area (Å²) in [7, 11) is 0.404. The average Bonchev–Trinajstić information content (AvgIpc) is 2.48. The quantitative estimate of drug-likeness (QED) is 0.562. The van der Waals surface area contributed by atoms with Gasteiger partial charge in [-0.15, -0.1) is 0 Å². The van der Waals surface area contributed by atoms with Crippen molar-refractivity contribution >= 4 is 23.6 Å². The maximum atomic E-state index is 9.04. The summed E-state index contributed by atoms with van der Waals surface area (Å²) >= 11 is 0. The molecule has 4 nitrogen and oxygen atoms in total. The molecule has 1 aromatic heterocycles. The van der Waals surface area contributed by atoms with E-state index < -0.39 is 7.12 Å². The predicted octanol–water partition coefficient (Wildman–Crippen LogP) is -0.747. The van der Waals surface area contributed by atoms with Gasteiger partial charge in [0.2, 0.25) is 0 Å². The minimum absolute atomic E-state index is 0.443. The van der Waals surface area contributed by atoms with Gasteiger partial charge in [0.05, 0.1) is 17.4 Å². The first-order valence-electron chi connectivity index (χ1n) is 3.96. The smallest absolute Gasteiger partial charge is 0.423 e. The van der Waals surface area contributed by atoms with Crippen molar-refractivity contribution in [3.63, 3.8) is 0 Å². The molecule has 0 bridgehead atoms. The summed E-state index contributed by atoms with van der Waals surface area (Å²) in [6.45, 7) is 0. The van der Waals surface area contributed by atoms with Crippen LogP contribution in [0.3, 0.4) is 0 Å². The molecule has 0 fully saturated rings. The molecule has 0 aliphatic rings. The van der Waals surface area contributed by atoms with Crippen LogP contribution in [0.5, 0.6) is 0 Å². The number of hydrogen-bond donors (Lipinski definition) is 2. The van der Waals surface area contributed by atoms with Gasteiger partial charge in [-0.1, -0.05) is 12.1 Å². The number of aromatic nitrogens is 2. The molecule has 0 saturated heterocycles. The molecule has 2 N–H and O–H groups in total. The van der Waals surface area contributed by atoms with Gasteiger partial charge in [0.25, 0.3) is 0 Å². The van der Waals surface area contributed by atoms with Crippen LogP contribution in [0.2, 0.25) is 0 Å². The number of imidazole rings is 1. The Balaban J connectivity index is 2.77. The number of aryl methyl sites for hydroxylation is 1. The van der Waals surface area contributed by atoms with Crippen LogP contribution in [0.1, 0.15) is 0 Å². The van der Waals surface area contributed by atoms with Gasteiger partial charge in [0.15, 0.2) is 0 Å². The Morgan fingerprint density at radius 2 is 2.15 bits per heavy atom. The van der Waals surface area contributed by atoms with Crippen molar-refractivity contribution in [1.29, 1.82) is 0 Å². The number of nitrogens with zero attached hydrogens (tertiary/aromatic N) is 2. The normalized spacial score (nSPS) is 10.7. The Bertz CT molecular complexity index is 439. The molecule has 0 atom stereocenters. The zero-order valence-electron chi connectivity index (χ0n) is 7.18. The third-order valence-corrected chi connectivity index (χ3v) is 2.06. The average molecular weight is 176 g/mol. The molecule has 1 heterocycles. The Labute approximate surface area is 75.6 Å². The molecule has 1 aromatic carbocycles. The van der Waals surface area contributed by atoms with Crippen molar-refractivity contribution in [2.24, 2.45) is 7.05 Å². The van der Waals surface area contributed by atoms with Gasteiger partial charge in [0, 0.05) is 12.5 Å². The van der Waals surface area contributed by atoms with Gasteiger partial charge < -0.3 is 14.6 Å². The van der Waals surface area contributed by atoms with Gasteiger partial charge in [-0.05, 0) is 6.07 Å². The molecular formula is C8H9BN2O2. The second-order valence-corrected chi connectivity index (χ2v) is 2.94. The molecule has 0 spiro atoms. The van der Waals surface area contributed by atoms with Crippen molar-refractivity contribution in [3.8, 4) is 0 Å². The lowest BCUT2D eigenvalue weighted by molar-refractivity contribution is 0.426. The molecule has 0 unspecified atom stereocenters. The van der Waals surface area contributed by atoms with E-state index in [-0.39, 0.29) is 0 Å². The first-order valence-corrected chi connectivity index (χ1v) is 3.96. The SMILES string of the molecule is Cn1cnc2c(B(O)O)cccc21. The lowest BCUT2D eigenvalue weighted by Gasteiger charge is -2.00. The van der Waals surface area contributed by atoms with E-state index in [1.54, 1.807) is 18.5 Å². The predicted molar refractivity (Wildman–Crippen MR) is 50.5 cm³/mol. The molecule has 0 radical (unpaired) electrons. The summed E-state index contributed by atoms with van der Waals surface area (Å²) in [4.78, 5) is 4.08. The Morgan fingerprint density at radius 1 is 1.38 bits per heavy atom. The van der Waals surface area contributed by atoms with Crippen molar-refractivity contribution in [1.82, 2.24) is 9.55 Å².